The van der Waals surface area contributed by atoms with Crippen LogP contribution in [0, 0.1) is 6.92 Å². The van der Waals surface area contributed by atoms with Crippen LogP contribution in [0.25, 0.3) is 33.3 Å². The third kappa shape index (κ3) is 4.04. The number of benzene rings is 2. The number of ether oxygens (including phenoxy) is 1. The molecular formula is C26H28N7OS+. The molecule has 0 unspecified atom stereocenters. The number of rotatable bonds is 6. The number of imidazole rings is 1. The first-order valence-corrected chi connectivity index (χ1v) is 12.8. The summed E-state index contributed by atoms with van der Waals surface area (Å²) in [5, 5.41) is 7.03. The summed E-state index contributed by atoms with van der Waals surface area (Å²) in [7, 11) is 1.98. The average molecular weight is 487 g/mol. The third-order valence-corrected chi connectivity index (χ3v) is 7.81. The lowest BCUT2D eigenvalue weighted by molar-refractivity contribution is 0.210. The summed E-state index contributed by atoms with van der Waals surface area (Å²) in [6.45, 7) is 6.80. The summed E-state index contributed by atoms with van der Waals surface area (Å²) in [6.07, 6.45) is 4.45. The summed E-state index contributed by atoms with van der Waals surface area (Å²) in [5.74, 6) is 1.37. The van der Waals surface area contributed by atoms with E-state index in [1.54, 1.807) is 6.33 Å². The molecule has 0 radical (unpaired) electrons. The molecule has 1 fully saturated rings. The van der Waals surface area contributed by atoms with Crippen LogP contribution in [0.1, 0.15) is 19.0 Å². The SMILES string of the molecule is CCn1ncc(-c2nc3c(O[C@H]4CCN([SH+]c5ccc6ccccc6c5)C4)ncnc3n2C)c1C. The molecule has 1 saturated heterocycles. The van der Waals surface area contributed by atoms with Crippen molar-refractivity contribution in [3.8, 4) is 17.3 Å². The second kappa shape index (κ2) is 8.98. The highest BCUT2D eigenvalue weighted by Crippen LogP contribution is 2.30. The van der Waals surface area contributed by atoms with E-state index in [4.69, 9.17) is 9.72 Å². The van der Waals surface area contributed by atoms with Crippen molar-refractivity contribution >= 4 is 33.9 Å². The second-order valence-corrected chi connectivity index (χ2v) is 10.2. The van der Waals surface area contributed by atoms with Gasteiger partial charge in [0.2, 0.25) is 5.88 Å². The van der Waals surface area contributed by atoms with E-state index in [0.29, 0.717) is 11.4 Å². The number of hydrogen-bond donors (Lipinski definition) is 0. The highest BCUT2D eigenvalue weighted by atomic mass is 32.2. The van der Waals surface area contributed by atoms with Gasteiger partial charge in [0.15, 0.2) is 16.1 Å². The van der Waals surface area contributed by atoms with E-state index in [1.165, 1.54) is 27.6 Å². The molecule has 1 aliphatic heterocycles. The van der Waals surface area contributed by atoms with Crippen molar-refractivity contribution in [3.63, 3.8) is 0 Å². The zero-order chi connectivity index (χ0) is 23.9. The molecule has 35 heavy (non-hydrogen) atoms. The minimum Gasteiger partial charge on any atom is -0.471 e. The van der Waals surface area contributed by atoms with E-state index in [0.717, 1.165) is 48.8 Å². The third-order valence-electron chi connectivity index (χ3n) is 6.66. The van der Waals surface area contributed by atoms with Crippen molar-refractivity contribution in [2.45, 2.75) is 37.8 Å². The number of aromatic nitrogens is 6. The molecule has 0 spiro atoms. The van der Waals surface area contributed by atoms with Crippen molar-refractivity contribution in [1.29, 1.82) is 0 Å². The Kier molecular flexibility index (Phi) is 5.66. The van der Waals surface area contributed by atoms with E-state index in [-0.39, 0.29) is 6.10 Å². The van der Waals surface area contributed by atoms with Crippen LogP contribution in [0.2, 0.25) is 0 Å². The second-order valence-electron chi connectivity index (χ2n) is 8.88. The fraction of sp³-hybridized carbons (Fsp3) is 0.308. The molecule has 6 rings (SSSR count). The predicted molar refractivity (Wildman–Crippen MR) is 140 cm³/mol. The Morgan fingerprint density at radius 3 is 2.80 bits per heavy atom. The van der Waals surface area contributed by atoms with Crippen LogP contribution in [0.4, 0.5) is 0 Å². The topological polar surface area (TPSA) is 73.9 Å². The molecule has 0 amide bonds. The first-order valence-electron chi connectivity index (χ1n) is 11.9. The Morgan fingerprint density at radius 2 is 1.97 bits per heavy atom. The van der Waals surface area contributed by atoms with Crippen LogP contribution in [0.15, 0.2) is 59.9 Å². The molecule has 0 aliphatic carbocycles. The van der Waals surface area contributed by atoms with Gasteiger partial charge in [-0.1, -0.05) is 24.3 Å². The Hall–Kier alpha value is -3.43. The smallest absolute Gasteiger partial charge is 0.245 e. The van der Waals surface area contributed by atoms with Gasteiger partial charge >= 0.3 is 0 Å². The van der Waals surface area contributed by atoms with Gasteiger partial charge in [-0.2, -0.15) is 10.1 Å². The molecule has 178 valence electrons. The molecule has 8 nitrogen and oxygen atoms in total. The Labute approximate surface area is 208 Å². The molecular weight excluding hydrogens is 458 g/mol. The van der Waals surface area contributed by atoms with Crippen LogP contribution in [-0.2, 0) is 25.5 Å². The Bertz CT molecular complexity index is 1530. The maximum absolute atomic E-state index is 6.39. The average Bonchev–Trinajstić information content (AvgIpc) is 3.57. The highest BCUT2D eigenvalue weighted by Gasteiger charge is 2.31. The zero-order valence-electron chi connectivity index (χ0n) is 20.1. The molecule has 1 atom stereocenters. The van der Waals surface area contributed by atoms with E-state index in [1.807, 2.05) is 22.5 Å². The molecule has 4 heterocycles. The van der Waals surface area contributed by atoms with Gasteiger partial charge in [0, 0.05) is 38.3 Å². The van der Waals surface area contributed by atoms with Gasteiger partial charge < -0.3 is 9.30 Å². The van der Waals surface area contributed by atoms with Gasteiger partial charge in [-0.3, -0.25) is 4.68 Å². The fourth-order valence-electron chi connectivity index (χ4n) is 4.75. The number of aryl methyl sites for hydroxylation is 2. The number of thiol groups is 1. The maximum Gasteiger partial charge on any atom is 0.245 e. The molecule has 9 heteroatoms. The molecule has 0 saturated carbocycles. The van der Waals surface area contributed by atoms with E-state index in [2.05, 4.69) is 75.7 Å². The number of nitrogens with zero attached hydrogens (tertiary/aromatic N) is 7. The quantitative estimate of drug-likeness (QED) is 0.267. The van der Waals surface area contributed by atoms with E-state index in [9.17, 15) is 0 Å². The normalized spacial score (nSPS) is 16.5. The first-order chi connectivity index (χ1) is 17.1. The minimum absolute atomic E-state index is 0.0658. The minimum atomic E-state index is 0.0658. The number of hydrogen-bond acceptors (Lipinski definition) is 6. The standard InChI is InChI=1S/C26H27N7OS/c1-4-33-17(2)22(14-29-33)24-30-23-25(31(24)3)27-16-28-26(23)34-20-11-12-32(15-20)35-21-10-9-18-7-5-6-8-19(18)13-21/h5-10,13-14,16,20H,4,11-12,15H2,1-3H3/p+1/t20-/m0/s1. The lowest BCUT2D eigenvalue weighted by atomic mass is 10.1. The molecule has 0 N–H and O–H groups in total. The Morgan fingerprint density at radius 1 is 1.11 bits per heavy atom. The summed E-state index contributed by atoms with van der Waals surface area (Å²) in [4.78, 5) is 15.1. The van der Waals surface area contributed by atoms with Crippen molar-refractivity contribution in [2.75, 3.05) is 13.1 Å². The van der Waals surface area contributed by atoms with Gasteiger partial charge in [-0.25, -0.2) is 9.97 Å². The molecule has 5 aromatic rings. The zero-order valence-corrected chi connectivity index (χ0v) is 21.0. The summed E-state index contributed by atoms with van der Waals surface area (Å²) in [6, 6.07) is 15.2. The summed E-state index contributed by atoms with van der Waals surface area (Å²) in [5.41, 5.74) is 3.54. The predicted octanol–water partition coefficient (Wildman–Crippen LogP) is 3.95. The largest absolute Gasteiger partial charge is 0.471 e. The van der Waals surface area contributed by atoms with Crippen LogP contribution in [-0.4, -0.2) is 52.8 Å². The first kappa shape index (κ1) is 22.1. The fourth-order valence-corrected chi connectivity index (χ4v) is 5.89. The molecule has 2 aromatic carbocycles. The number of fused-ring (bicyclic) bond motifs is 2. The van der Waals surface area contributed by atoms with Crippen molar-refractivity contribution in [3.05, 3.63) is 60.7 Å². The highest BCUT2D eigenvalue weighted by molar-refractivity contribution is 7.76. The van der Waals surface area contributed by atoms with Crippen LogP contribution >= 0.6 is 0 Å². The molecule has 3 aromatic heterocycles. The Balaban J connectivity index is 1.20. The van der Waals surface area contributed by atoms with Gasteiger partial charge in [0.25, 0.3) is 0 Å². The summed E-state index contributed by atoms with van der Waals surface area (Å²) < 4.78 is 12.8. The van der Waals surface area contributed by atoms with Crippen LogP contribution < -0.4 is 4.74 Å². The molecule has 1 aliphatic rings. The van der Waals surface area contributed by atoms with Crippen molar-refractivity contribution < 1.29 is 4.74 Å². The van der Waals surface area contributed by atoms with Gasteiger partial charge in [0.05, 0.1) is 30.3 Å². The maximum atomic E-state index is 6.39. The van der Waals surface area contributed by atoms with E-state index >= 15 is 0 Å². The lowest BCUT2D eigenvalue weighted by Crippen LogP contribution is -2.24. The monoisotopic (exact) mass is 486 g/mol. The summed E-state index contributed by atoms with van der Waals surface area (Å²) >= 11 is 1.21. The van der Waals surface area contributed by atoms with Crippen LogP contribution in [0.5, 0.6) is 5.88 Å². The van der Waals surface area contributed by atoms with Gasteiger partial charge in [0.1, 0.15) is 18.3 Å². The van der Waals surface area contributed by atoms with E-state index < -0.39 is 0 Å². The van der Waals surface area contributed by atoms with Gasteiger partial charge in [-0.15, -0.1) is 4.31 Å². The lowest BCUT2D eigenvalue weighted by Gasteiger charge is -2.12. The van der Waals surface area contributed by atoms with Crippen LogP contribution in [0.3, 0.4) is 0 Å². The van der Waals surface area contributed by atoms with Crippen molar-refractivity contribution in [2.24, 2.45) is 7.05 Å². The van der Waals surface area contributed by atoms with Gasteiger partial charge in [-0.05, 0) is 36.8 Å². The molecule has 0 bridgehead atoms. The van der Waals surface area contributed by atoms with Crippen molar-refractivity contribution in [1.82, 2.24) is 33.6 Å².